The van der Waals surface area contributed by atoms with E-state index in [1.807, 2.05) is 6.92 Å². The number of Topliss-reactive ketones (excluding diaryl/α,β-unsaturated/α-hetero) is 2. The molecule has 0 bridgehead atoms. The van der Waals surface area contributed by atoms with E-state index in [0.717, 1.165) is 21.8 Å². The van der Waals surface area contributed by atoms with Gasteiger partial charge < -0.3 is 0 Å². The van der Waals surface area contributed by atoms with E-state index in [0.29, 0.717) is 12.0 Å². The van der Waals surface area contributed by atoms with E-state index in [1.165, 1.54) is 0 Å². The zero-order chi connectivity index (χ0) is 12.8. The van der Waals surface area contributed by atoms with Gasteiger partial charge in [0.2, 0.25) is 0 Å². The first-order valence-corrected chi connectivity index (χ1v) is 7.13. The first-order valence-electron chi connectivity index (χ1n) is 5.54. The molecule has 0 aliphatic carbocycles. The molecule has 4 heteroatoms. The first-order chi connectivity index (χ1) is 8.04. The summed E-state index contributed by atoms with van der Waals surface area (Å²) in [7, 11) is 0. The highest BCUT2D eigenvalue weighted by molar-refractivity contribution is 9.13. The molecule has 0 spiro atoms. The van der Waals surface area contributed by atoms with Gasteiger partial charge in [-0.25, -0.2) is 0 Å². The minimum absolute atomic E-state index is 0.00801. The van der Waals surface area contributed by atoms with E-state index in [-0.39, 0.29) is 18.0 Å². The van der Waals surface area contributed by atoms with Crippen LogP contribution in [0.15, 0.2) is 27.1 Å². The van der Waals surface area contributed by atoms with Crippen molar-refractivity contribution in [3.8, 4) is 0 Å². The molecule has 0 radical (unpaired) electrons. The number of carbonyl (C=O) groups is 2. The van der Waals surface area contributed by atoms with Crippen LogP contribution in [-0.4, -0.2) is 11.6 Å². The highest BCUT2D eigenvalue weighted by Gasteiger charge is 2.12. The maximum atomic E-state index is 11.8. The fourth-order valence-electron chi connectivity index (χ4n) is 1.41. The molecule has 0 aliphatic heterocycles. The molecule has 1 aromatic carbocycles. The number of rotatable bonds is 6. The Labute approximate surface area is 118 Å². The van der Waals surface area contributed by atoms with Crippen molar-refractivity contribution in [1.29, 1.82) is 0 Å². The van der Waals surface area contributed by atoms with Gasteiger partial charge in [0.15, 0.2) is 5.78 Å². The summed E-state index contributed by atoms with van der Waals surface area (Å²) in [5.41, 5.74) is 0.574. The summed E-state index contributed by atoms with van der Waals surface area (Å²) in [5.74, 6) is -0.0878. The molecule has 17 heavy (non-hydrogen) atoms. The minimum atomic E-state index is -0.112. The fraction of sp³-hybridized carbons (Fsp3) is 0.385. The highest BCUT2D eigenvalue weighted by Crippen LogP contribution is 2.24. The molecule has 0 fully saturated rings. The second-order valence-electron chi connectivity index (χ2n) is 3.87. The third-order valence-corrected chi connectivity index (χ3v) is 4.29. The monoisotopic (exact) mass is 360 g/mol. The van der Waals surface area contributed by atoms with E-state index < -0.39 is 0 Å². The number of ketones is 2. The highest BCUT2D eigenvalue weighted by atomic mass is 79.9. The summed E-state index contributed by atoms with van der Waals surface area (Å²) in [6, 6.07) is 5.26. The van der Waals surface area contributed by atoms with Crippen LogP contribution in [-0.2, 0) is 4.79 Å². The van der Waals surface area contributed by atoms with Gasteiger partial charge in [0.05, 0.1) is 6.42 Å². The van der Waals surface area contributed by atoms with Gasteiger partial charge in [0.1, 0.15) is 5.78 Å². The fourth-order valence-corrected chi connectivity index (χ4v) is 2.04. The second kappa shape index (κ2) is 7.07. The molecule has 1 rings (SSSR count). The zero-order valence-corrected chi connectivity index (χ0v) is 12.8. The van der Waals surface area contributed by atoms with Crippen molar-refractivity contribution < 1.29 is 9.59 Å². The maximum absolute atomic E-state index is 11.8. The normalized spacial score (nSPS) is 10.3. The Morgan fingerprint density at radius 1 is 1.18 bits per heavy atom. The van der Waals surface area contributed by atoms with Gasteiger partial charge in [0.25, 0.3) is 0 Å². The number of unbranched alkanes of at least 4 members (excludes halogenated alkanes) is 1. The van der Waals surface area contributed by atoms with E-state index in [2.05, 4.69) is 31.9 Å². The average Bonchev–Trinajstić information content (AvgIpc) is 2.30. The molecule has 1 aromatic rings. The Morgan fingerprint density at radius 3 is 2.47 bits per heavy atom. The van der Waals surface area contributed by atoms with Crippen molar-refractivity contribution in [2.75, 3.05) is 0 Å². The molecular formula is C13H14Br2O2. The Morgan fingerprint density at radius 2 is 1.88 bits per heavy atom. The second-order valence-corrected chi connectivity index (χ2v) is 5.58. The average molecular weight is 362 g/mol. The Kier molecular flexibility index (Phi) is 6.06. The Balaban J connectivity index is 2.63. The predicted molar refractivity (Wildman–Crippen MR) is 75.3 cm³/mol. The summed E-state index contributed by atoms with van der Waals surface area (Å²) in [4.78, 5) is 23.3. The van der Waals surface area contributed by atoms with Gasteiger partial charge in [-0.15, -0.1) is 0 Å². The molecule has 2 nitrogen and oxygen atoms in total. The molecule has 92 valence electrons. The predicted octanol–water partition coefficient (Wildman–Crippen LogP) is 4.54. The summed E-state index contributed by atoms with van der Waals surface area (Å²) in [6.07, 6.45) is 2.34. The third kappa shape index (κ3) is 4.72. The lowest BCUT2D eigenvalue weighted by Crippen LogP contribution is -2.08. The molecular weight excluding hydrogens is 348 g/mol. The molecule has 0 atom stereocenters. The summed E-state index contributed by atoms with van der Waals surface area (Å²) in [5, 5.41) is 0. The van der Waals surface area contributed by atoms with Crippen molar-refractivity contribution in [2.24, 2.45) is 0 Å². The van der Waals surface area contributed by atoms with Gasteiger partial charge in [0, 0.05) is 20.9 Å². The van der Waals surface area contributed by atoms with Gasteiger partial charge in [-0.3, -0.25) is 9.59 Å². The lowest BCUT2D eigenvalue weighted by atomic mass is 10.0. The van der Waals surface area contributed by atoms with Crippen LogP contribution in [0.25, 0.3) is 0 Å². The number of carbonyl (C=O) groups excluding carboxylic acids is 2. The van der Waals surface area contributed by atoms with Crippen molar-refractivity contribution in [2.45, 2.75) is 32.6 Å². The van der Waals surface area contributed by atoms with Crippen LogP contribution in [0.3, 0.4) is 0 Å². The SMILES string of the molecule is CCCCC(=O)CC(=O)c1ccc(Br)c(Br)c1. The van der Waals surface area contributed by atoms with Crippen molar-refractivity contribution in [3.63, 3.8) is 0 Å². The quantitative estimate of drug-likeness (QED) is 0.550. The summed E-state index contributed by atoms with van der Waals surface area (Å²) >= 11 is 6.68. The van der Waals surface area contributed by atoms with Crippen LogP contribution in [0, 0.1) is 0 Å². The molecule has 0 aliphatic rings. The topological polar surface area (TPSA) is 34.1 Å². The smallest absolute Gasteiger partial charge is 0.170 e. The largest absolute Gasteiger partial charge is 0.299 e. The zero-order valence-electron chi connectivity index (χ0n) is 9.63. The molecule has 0 aromatic heterocycles. The Bertz CT molecular complexity index is 427. The molecule has 0 N–H and O–H groups in total. The van der Waals surface area contributed by atoms with Gasteiger partial charge in [-0.1, -0.05) is 19.4 Å². The molecule has 0 unspecified atom stereocenters. The Hall–Kier alpha value is -0.480. The number of benzene rings is 1. The van der Waals surface area contributed by atoms with Crippen LogP contribution in [0.4, 0.5) is 0 Å². The number of halogens is 2. The summed E-state index contributed by atoms with van der Waals surface area (Å²) in [6.45, 7) is 2.03. The van der Waals surface area contributed by atoms with E-state index in [4.69, 9.17) is 0 Å². The van der Waals surface area contributed by atoms with Crippen molar-refractivity contribution in [1.82, 2.24) is 0 Å². The van der Waals surface area contributed by atoms with Crippen LogP contribution in [0.2, 0.25) is 0 Å². The van der Waals surface area contributed by atoms with Crippen molar-refractivity contribution in [3.05, 3.63) is 32.7 Å². The number of hydrogen-bond acceptors (Lipinski definition) is 2. The van der Waals surface area contributed by atoms with Crippen LogP contribution >= 0.6 is 31.9 Å². The number of hydrogen-bond donors (Lipinski definition) is 0. The lowest BCUT2D eigenvalue weighted by molar-refractivity contribution is -0.118. The third-order valence-electron chi connectivity index (χ3n) is 2.41. The maximum Gasteiger partial charge on any atom is 0.170 e. The minimum Gasteiger partial charge on any atom is -0.299 e. The van der Waals surface area contributed by atoms with Gasteiger partial charge in [-0.05, 0) is 50.4 Å². The molecule has 0 saturated carbocycles. The standard InChI is InChI=1S/C13H14Br2O2/c1-2-3-4-10(16)8-13(17)9-5-6-11(14)12(15)7-9/h5-7H,2-4,8H2,1H3. The molecule has 0 amide bonds. The molecule has 0 saturated heterocycles. The van der Waals surface area contributed by atoms with Crippen LogP contribution < -0.4 is 0 Å². The van der Waals surface area contributed by atoms with E-state index in [9.17, 15) is 9.59 Å². The summed E-state index contributed by atoms with van der Waals surface area (Å²) < 4.78 is 1.72. The van der Waals surface area contributed by atoms with E-state index in [1.54, 1.807) is 18.2 Å². The van der Waals surface area contributed by atoms with Gasteiger partial charge in [-0.2, -0.15) is 0 Å². The van der Waals surface area contributed by atoms with E-state index >= 15 is 0 Å². The van der Waals surface area contributed by atoms with Crippen molar-refractivity contribution >= 4 is 43.4 Å². The van der Waals surface area contributed by atoms with Crippen LogP contribution in [0.1, 0.15) is 43.0 Å². The molecule has 0 heterocycles. The van der Waals surface area contributed by atoms with Gasteiger partial charge >= 0.3 is 0 Å². The first kappa shape index (κ1) is 14.6. The lowest BCUT2D eigenvalue weighted by Gasteiger charge is -2.02. The van der Waals surface area contributed by atoms with Crippen LogP contribution in [0.5, 0.6) is 0 Å².